The molecule has 0 unspecified atom stereocenters. The van der Waals surface area contributed by atoms with Crippen LogP contribution in [0.1, 0.15) is 97.6 Å². The predicted molar refractivity (Wildman–Crippen MR) is 159 cm³/mol. The minimum Gasteiger partial charge on any atom is -0.487 e. The summed E-state index contributed by atoms with van der Waals surface area (Å²) in [5.41, 5.74) is 2.78. The zero-order valence-electron chi connectivity index (χ0n) is 25.2. The molecule has 1 aromatic rings. The Morgan fingerprint density at radius 1 is 0.750 bits per heavy atom. The maximum Gasteiger partial charge on any atom is 0.698 e. The molecule has 1 aromatic carbocycles. The fourth-order valence-corrected chi connectivity index (χ4v) is 7.68. The van der Waals surface area contributed by atoms with Crippen LogP contribution in [0, 0.1) is 0 Å². The maximum absolute atomic E-state index is 11.7. The van der Waals surface area contributed by atoms with Gasteiger partial charge in [-0.15, -0.1) is 0 Å². The number of benzene rings is 1. The van der Waals surface area contributed by atoms with Crippen molar-refractivity contribution in [2.24, 2.45) is 0 Å². The highest BCUT2D eigenvalue weighted by Gasteiger charge is 2.49. The predicted octanol–water partition coefficient (Wildman–Crippen LogP) is 7.15. The molecule has 0 aliphatic heterocycles. The van der Waals surface area contributed by atoms with Gasteiger partial charge in [-0.1, -0.05) is 31.2 Å². The van der Waals surface area contributed by atoms with Gasteiger partial charge in [-0.25, -0.2) is 0 Å². The second kappa shape index (κ2) is 16.3. The Morgan fingerprint density at radius 3 is 1.60 bits per heavy atom. The normalized spacial score (nSPS) is 19.9. The van der Waals surface area contributed by atoms with E-state index in [9.17, 15) is 14.4 Å². The number of hydrogen-bond acceptors (Lipinski definition) is 7. The number of hydrogen-bond donors (Lipinski definition) is 0. The van der Waals surface area contributed by atoms with E-state index in [2.05, 4.69) is 31.2 Å². The lowest BCUT2D eigenvalue weighted by atomic mass is 9.82. The summed E-state index contributed by atoms with van der Waals surface area (Å²) in [5.74, 6) is 1.09. The summed E-state index contributed by atoms with van der Waals surface area (Å²) in [6.07, 6.45) is 10.2. The van der Waals surface area contributed by atoms with Crippen LogP contribution >= 0.6 is 0 Å². The molecule has 1 aliphatic rings. The molecule has 0 spiro atoms. The first kappa shape index (κ1) is 33.2. The lowest BCUT2D eigenvalue weighted by molar-refractivity contribution is -0.113. The third-order valence-electron chi connectivity index (χ3n) is 6.68. The fraction of sp³-hybridized carbons (Fsp3) is 0.531. The van der Waals surface area contributed by atoms with Crippen LogP contribution in [-0.2, 0) is 38.8 Å². The Labute approximate surface area is 241 Å². The van der Waals surface area contributed by atoms with Crippen molar-refractivity contribution >= 4 is 26.2 Å². The van der Waals surface area contributed by atoms with E-state index >= 15 is 0 Å². The monoisotopic (exact) mass is 570 g/mol. The van der Waals surface area contributed by atoms with E-state index in [-0.39, 0.29) is 23.5 Å². The van der Waals surface area contributed by atoms with Crippen LogP contribution in [0.5, 0.6) is 0 Å². The van der Waals surface area contributed by atoms with E-state index in [1.807, 2.05) is 0 Å². The molecule has 7 nitrogen and oxygen atoms in total. The van der Waals surface area contributed by atoms with Crippen LogP contribution in [-0.4, -0.2) is 38.9 Å². The molecule has 1 fully saturated rings. The summed E-state index contributed by atoms with van der Waals surface area (Å²) < 4.78 is 24.9. The highest BCUT2D eigenvalue weighted by molar-refractivity contribution is 6.61. The molecule has 0 heterocycles. The second-order valence-corrected chi connectivity index (χ2v) is 13.1. The standard InChI is InChI=1S/C32H46O7Si/c1-8-29-10-12-30(13-11-29)31-14-16-32(17-15-31)36-18-9-19-40(37-26(5)20-23(2)33,38-27(6)21-24(3)34)39-28(7)22-25(4)35/h10-13,20-22,31-32H,8-9,14-19H2,1-7H3. The molecule has 40 heavy (non-hydrogen) atoms. The van der Waals surface area contributed by atoms with Gasteiger partial charge in [0, 0.05) is 24.8 Å². The van der Waals surface area contributed by atoms with Crippen LogP contribution in [0.15, 0.2) is 59.8 Å². The van der Waals surface area contributed by atoms with Crippen LogP contribution in [0.2, 0.25) is 6.04 Å². The Hall–Kier alpha value is -2.97. The molecule has 2 rings (SSSR count). The summed E-state index contributed by atoms with van der Waals surface area (Å²) in [6, 6.07) is 9.36. The van der Waals surface area contributed by atoms with Crippen LogP contribution in [0.3, 0.4) is 0 Å². The first-order valence-corrected chi connectivity index (χ1v) is 16.2. The summed E-state index contributed by atoms with van der Waals surface area (Å²) in [4.78, 5) is 35.1. The largest absolute Gasteiger partial charge is 0.698 e. The molecule has 0 bridgehead atoms. The van der Waals surface area contributed by atoms with Crippen molar-refractivity contribution in [1.82, 2.24) is 0 Å². The van der Waals surface area contributed by atoms with E-state index in [1.165, 1.54) is 50.1 Å². The van der Waals surface area contributed by atoms with Gasteiger partial charge < -0.3 is 18.0 Å². The van der Waals surface area contributed by atoms with Crippen molar-refractivity contribution in [3.8, 4) is 0 Å². The quantitative estimate of drug-likeness (QED) is 0.0902. The maximum atomic E-state index is 11.7. The Balaban J connectivity index is 2.08. The van der Waals surface area contributed by atoms with Crippen LogP contribution in [0.4, 0.5) is 0 Å². The van der Waals surface area contributed by atoms with Crippen molar-refractivity contribution in [1.29, 1.82) is 0 Å². The minimum atomic E-state index is -3.58. The highest BCUT2D eigenvalue weighted by Crippen LogP contribution is 2.34. The lowest BCUT2D eigenvalue weighted by Crippen LogP contribution is -2.45. The summed E-state index contributed by atoms with van der Waals surface area (Å²) in [7, 11) is -3.58. The third-order valence-corrected chi connectivity index (χ3v) is 9.55. The van der Waals surface area contributed by atoms with Crippen LogP contribution < -0.4 is 0 Å². The van der Waals surface area contributed by atoms with E-state index in [0.717, 1.165) is 32.1 Å². The number of allylic oxidation sites excluding steroid dienone is 6. The van der Waals surface area contributed by atoms with Gasteiger partial charge in [0.25, 0.3) is 0 Å². The number of aryl methyl sites for hydroxylation is 1. The first-order valence-electron chi connectivity index (χ1n) is 14.3. The zero-order chi connectivity index (χ0) is 29.7. The van der Waals surface area contributed by atoms with Crippen molar-refractivity contribution in [3.05, 3.63) is 70.9 Å². The molecule has 220 valence electrons. The molecule has 0 N–H and O–H groups in total. The smallest absolute Gasteiger partial charge is 0.487 e. The molecule has 1 aliphatic carbocycles. The van der Waals surface area contributed by atoms with Crippen molar-refractivity contribution < 1.29 is 32.4 Å². The SMILES string of the molecule is CCc1ccc(C2CCC(OCCC[Si](OC(C)=CC(C)=O)(OC(C)=CC(C)=O)OC(C)=CC(C)=O)CC2)cc1. The second-order valence-electron chi connectivity index (χ2n) is 10.6. The molecule has 0 saturated heterocycles. The highest BCUT2D eigenvalue weighted by atomic mass is 28.4. The van der Waals surface area contributed by atoms with E-state index < -0.39 is 8.80 Å². The zero-order valence-corrected chi connectivity index (χ0v) is 26.2. The van der Waals surface area contributed by atoms with Gasteiger partial charge in [0.1, 0.15) is 0 Å². The molecule has 1 saturated carbocycles. The Kier molecular flexibility index (Phi) is 13.6. The van der Waals surface area contributed by atoms with Crippen molar-refractivity contribution in [2.75, 3.05) is 6.61 Å². The van der Waals surface area contributed by atoms with Crippen molar-refractivity contribution in [3.63, 3.8) is 0 Å². The number of carbonyl (C=O) groups is 3. The molecule has 8 heteroatoms. The lowest BCUT2D eigenvalue weighted by Gasteiger charge is -2.32. The van der Waals surface area contributed by atoms with Crippen molar-refractivity contribution in [2.45, 2.75) is 105 Å². The summed E-state index contributed by atoms with van der Waals surface area (Å²) in [6.45, 7) is 11.9. The van der Waals surface area contributed by atoms with Gasteiger partial charge in [-0.05, 0) is 97.1 Å². The third kappa shape index (κ3) is 12.0. The van der Waals surface area contributed by atoms with E-state index in [0.29, 0.717) is 42.3 Å². The van der Waals surface area contributed by atoms with Gasteiger partial charge in [0.05, 0.1) is 29.4 Å². The number of ketones is 3. The first-order chi connectivity index (χ1) is 18.9. The summed E-state index contributed by atoms with van der Waals surface area (Å²) in [5, 5.41) is 0. The average Bonchev–Trinajstić information content (AvgIpc) is 2.85. The molecule has 0 atom stereocenters. The fourth-order valence-electron chi connectivity index (χ4n) is 5.03. The summed E-state index contributed by atoms with van der Waals surface area (Å²) >= 11 is 0. The molecular formula is C32H46O7Si. The molecule has 0 aromatic heterocycles. The van der Waals surface area contributed by atoms with E-state index in [1.54, 1.807) is 20.8 Å². The number of rotatable bonds is 16. The topological polar surface area (TPSA) is 88.1 Å². The Morgan fingerprint density at radius 2 is 1.20 bits per heavy atom. The minimum absolute atomic E-state index is 0.173. The van der Waals surface area contributed by atoms with Gasteiger partial charge in [-0.3, -0.25) is 14.4 Å². The number of ether oxygens (including phenoxy) is 1. The Bertz CT molecular complexity index is 1010. The van der Waals surface area contributed by atoms with Crippen LogP contribution in [0.25, 0.3) is 0 Å². The van der Waals surface area contributed by atoms with Gasteiger partial charge in [0.15, 0.2) is 17.3 Å². The van der Waals surface area contributed by atoms with Gasteiger partial charge in [0.2, 0.25) is 0 Å². The van der Waals surface area contributed by atoms with Gasteiger partial charge >= 0.3 is 8.80 Å². The van der Waals surface area contributed by atoms with Gasteiger partial charge in [-0.2, -0.15) is 0 Å². The van der Waals surface area contributed by atoms with E-state index in [4.69, 9.17) is 18.0 Å². The number of carbonyl (C=O) groups excluding carboxylic acids is 3. The molecule has 0 radical (unpaired) electrons. The average molecular weight is 571 g/mol. The molecule has 0 amide bonds. The molecular weight excluding hydrogens is 524 g/mol.